The number of benzene rings is 3. The van der Waals surface area contributed by atoms with Crippen LogP contribution in [0.25, 0.3) is 5.57 Å². The third kappa shape index (κ3) is 2.80. The van der Waals surface area contributed by atoms with E-state index >= 15 is 0 Å². The smallest absolute Gasteiger partial charge is 0.265 e. The van der Waals surface area contributed by atoms with E-state index in [0.29, 0.717) is 33.5 Å². The van der Waals surface area contributed by atoms with E-state index in [1.165, 1.54) is 22.3 Å². The Morgan fingerprint density at radius 1 is 0.857 bits per heavy atom. The highest BCUT2D eigenvalue weighted by Crippen LogP contribution is 2.56. The number of imide groups is 1. The molecule has 3 amide bonds. The number of carbonyl (C=O) groups is 3. The topological polar surface area (TPSA) is 70.8 Å². The second-order valence-corrected chi connectivity index (χ2v) is 8.59. The predicted octanol–water partition coefficient (Wildman–Crippen LogP) is 5.03. The summed E-state index contributed by atoms with van der Waals surface area (Å²) in [5.41, 5.74) is 1.98. The zero-order chi connectivity index (χ0) is 24.2. The number of rotatable bonds is 3. The minimum atomic E-state index is -1.61. The van der Waals surface area contributed by atoms with Gasteiger partial charge in [0, 0.05) is 16.7 Å². The lowest BCUT2D eigenvalue weighted by atomic mass is 9.75. The molecule has 3 aromatic carbocycles. The molecule has 0 saturated carbocycles. The first-order valence-corrected chi connectivity index (χ1v) is 11.2. The molecule has 6 nitrogen and oxygen atoms in total. The van der Waals surface area contributed by atoms with Crippen LogP contribution < -0.4 is 4.90 Å². The van der Waals surface area contributed by atoms with Crippen LogP contribution in [0.5, 0.6) is 0 Å². The number of amides is 3. The molecule has 35 heavy (non-hydrogen) atoms. The van der Waals surface area contributed by atoms with Gasteiger partial charge in [-0.2, -0.15) is 0 Å². The van der Waals surface area contributed by atoms with Gasteiger partial charge in [0.25, 0.3) is 17.7 Å². The molecule has 0 radical (unpaired) electrons. The third-order valence-electron chi connectivity index (χ3n) is 6.74. The van der Waals surface area contributed by atoms with Crippen molar-refractivity contribution in [2.45, 2.75) is 12.1 Å². The SMILES string of the molecule is C=C1c2ccccc2N(C(=O)c2ccoc2)C12C(=O)N(Cc1ccccc1)C(=O)c1ccccc12. The summed E-state index contributed by atoms with van der Waals surface area (Å²) in [6, 6.07) is 25.1. The molecule has 1 aromatic heterocycles. The maximum Gasteiger partial charge on any atom is 0.265 e. The van der Waals surface area contributed by atoms with Gasteiger partial charge in [-0.3, -0.25) is 24.2 Å². The van der Waals surface area contributed by atoms with Crippen molar-refractivity contribution in [3.63, 3.8) is 0 Å². The minimum absolute atomic E-state index is 0.0754. The number of nitrogens with zero attached hydrogens (tertiary/aromatic N) is 2. The van der Waals surface area contributed by atoms with Crippen molar-refractivity contribution < 1.29 is 18.8 Å². The van der Waals surface area contributed by atoms with E-state index in [0.717, 1.165) is 5.56 Å². The van der Waals surface area contributed by atoms with Crippen LogP contribution in [0.1, 0.15) is 37.4 Å². The maximum atomic E-state index is 14.5. The van der Waals surface area contributed by atoms with Gasteiger partial charge in [-0.1, -0.05) is 73.3 Å². The van der Waals surface area contributed by atoms with E-state index < -0.39 is 23.3 Å². The van der Waals surface area contributed by atoms with Gasteiger partial charge in [0.2, 0.25) is 0 Å². The van der Waals surface area contributed by atoms with Gasteiger partial charge < -0.3 is 4.42 Å². The molecule has 6 rings (SSSR count). The van der Waals surface area contributed by atoms with Crippen molar-refractivity contribution >= 4 is 29.0 Å². The highest BCUT2D eigenvalue weighted by molar-refractivity contribution is 6.27. The molecule has 170 valence electrons. The Bertz CT molecular complexity index is 1510. The molecule has 2 aliphatic heterocycles. The van der Waals surface area contributed by atoms with Crippen molar-refractivity contribution in [1.82, 2.24) is 4.90 Å². The number of hydrogen-bond donors (Lipinski definition) is 0. The Labute approximate surface area is 201 Å². The van der Waals surface area contributed by atoms with E-state index in [2.05, 4.69) is 6.58 Å². The Kier molecular flexibility index (Phi) is 4.57. The largest absolute Gasteiger partial charge is 0.472 e. The van der Waals surface area contributed by atoms with E-state index in [9.17, 15) is 14.4 Å². The first-order chi connectivity index (χ1) is 17.0. The fourth-order valence-electron chi connectivity index (χ4n) is 5.16. The minimum Gasteiger partial charge on any atom is -0.472 e. The van der Waals surface area contributed by atoms with Gasteiger partial charge >= 0.3 is 0 Å². The van der Waals surface area contributed by atoms with Gasteiger partial charge in [-0.15, -0.1) is 0 Å². The zero-order valence-corrected chi connectivity index (χ0v) is 18.7. The van der Waals surface area contributed by atoms with Crippen molar-refractivity contribution in [2.24, 2.45) is 0 Å². The standard InChI is InChI=1S/C29H20N2O4/c1-19-22-11-6-8-14-25(22)31(26(32)21-15-16-35-18-21)29(19)24-13-7-5-12-23(24)27(33)30(28(29)34)17-20-9-3-2-4-10-20/h2-16,18H,1,17H2. The van der Waals surface area contributed by atoms with Gasteiger partial charge in [0.15, 0.2) is 5.54 Å². The van der Waals surface area contributed by atoms with Crippen molar-refractivity contribution in [3.05, 3.63) is 132 Å². The lowest BCUT2D eigenvalue weighted by Crippen LogP contribution is -2.62. The van der Waals surface area contributed by atoms with Crippen LogP contribution in [0.15, 0.2) is 108 Å². The molecule has 0 aliphatic carbocycles. The molecule has 0 saturated heterocycles. The summed E-state index contributed by atoms with van der Waals surface area (Å²) in [6.45, 7) is 4.40. The van der Waals surface area contributed by atoms with Crippen molar-refractivity contribution in [1.29, 1.82) is 0 Å². The lowest BCUT2D eigenvalue weighted by molar-refractivity contribution is -0.133. The molecular weight excluding hydrogens is 440 g/mol. The van der Waals surface area contributed by atoms with Gasteiger partial charge in [-0.05, 0) is 29.3 Å². The zero-order valence-electron chi connectivity index (χ0n) is 18.7. The second-order valence-electron chi connectivity index (χ2n) is 8.59. The average Bonchev–Trinajstić information content (AvgIpc) is 3.52. The summed E-state index contributed by atoms with van der Waals surface area (Å²) in [4.78, 5) is 44.8. The fourth-order valence-corrected chi connectivity index (χ4v) is 5.16. The number of furan rings is 1. The van der Waals surface area contributed by atoms with Gasteiger partial charge in [-0.25, -0.2) is 0 Å². The molecule has 3 heterocycles. The summed E-state index contributed by atoms with van der Waals surface area (Å²) in [6.07, 6.45) is 2.77. The number of hydrogen-bond acceptors (Lipinski definition) is 4. The Morgan fingerprint density at radius 3 is 2.29 bits per heavy atom. The van der Waals surface area contributed by atoms with E-state index in [1.807, 2.05) is 48.5 Å². The van der Waals surface area contributed by atoms with Crippen LogP contribution in [-0.4, -0.2) is 22.6 Å². The van der Waals surface area contributed by atoms with E-state index in [4.69, 9.17) is 4.42 Å². The Hall–Kier alpha value is -4.71. The van der Waals surface area contributed by atoms with E-state index in [-0.39, 0.29) is 6.54 Å². The number of carbonyl (C=O) groups excluding carboxylic acids is 3. The quantitative estimate of drug-likeness (QED) is 0.402. The lowest BCUT2D eigenvalue weighted by Gasteiger charge is -2.45. The first-order valence-electron chi connectivity index (χ1n) is 11.2. The Morgan fingerprint density at radius 2 is 1.54 bits per heavy atom. The van der Waals surface area contributed by atoms with Crippen molar-refractivity contribution in [2.75, 3.05) is 4.90 Å². The van der Waals surface area contributed by atoms with Crippen LogP contribution in [0.2, 0.25) is 0 Å². The molecule has 6 heteroatoms. The molecule has 1 unspecified atom stereocenters. The van der Waals surface area contributed by atoms with Crippen LogP contribution in [-0.2, 0) is 16.9 Å². The normalized spacial score (nSPS) is 18.7. The Balaban J connectivity index is 1.63. The van der Waals surface area contributed by atoms with Crippen LogP contribution in [0, 0.1) is 0 Å². The molecule has 0 fully saturated rings. The summed E-state index contributed by atoms with van der Waals surface area (Å²) in [5.74, 6) is -1.33. The molecular formula is C29H20N2O4. The first kappa shape index (κ1) is 20.9. The second kappa shape index (κ2) is 7.67. The maximum absolute atomic E-state index is 14.5. The van der Waals surface area contributed by atoms with Crippen LogP contribution in [0.3, 0.4) is 0 Å². The van der Waals surface area contributed by atoms with E-state index in [1.54, 1.807) is 36.4 Å². The average molecular weight is 460 g/mol. The predicted molar refractivity (Wildman–Crippen MR) is 130 cm³/mol. The highest BCUT2D eigenvalue weighted by Gasteiger charge is 2.62. The molecule has 2 aliphatic rings. The summed E-state index contributed by atoms with van der Waals surface area (Å²) >= 11 is 0. The number of para-hydroxylation sites is 1. The third-order valence-corrected chi connectivity index (χ3v) is 6.74. The molecule has 4 aromatic rings. The molecule has 0 bridgehead atoms. The van der Waals surface area contributed by atoms with Crippen molar-refractivity contribution in [3.8, 4) is 0 Å². The number of anilines is 1. The molecule has 1 spiro atoms. The molecule has 1 atom stereocenters. The van der Waals surface area contributed by atoms with Gasteiger partial charge in [0.1, 0.15) is 6.26 Å². The van der Waals surface area contributed by atoms with Crippen LogP contribution >= 0.6 is 0 Å². The summed E-state index contributed by atoms with van der Waals surface area (Å²) < 4.78 is 5.18. The highest BCUT2D eigenvalue weighted by atomic mass is 16.3. The van der Waals surface area contributed by atoms with Crippen LogP contribution in [0.4, 0.5) is 5.69 Å². The number of fused-ring (bicyclic) bond motifs is 3. The van der Waals surface area contributed by atoms with Gasteiger partial charge in [0.05, 0.1) is 24.1 Å². The summed E-state index contributed by atoms with van der Waals surface area (Å²) in [7, 11) is 0. The fraction of sp³-hybridized carbons (Fsp3) is 0.0690. The summed E-state index contributed by atoms with van der Waals surface area (Å²) in [5, 5.41) is 0. The monoisotopic (exact) mass is 460 g/mol. The molecule has 0 N–H and O–H groups in total.